The van der Waals surface area contributed by atoms with Crippen molar-refractivity contribution in [3.8, 4) is 11.5 Å². The van der Waals surface area contributed by atoms with E-state index in [-0.39, 0.29) is 0 Å². The number of ether oxygens (including phenoxy) is 2. The van der Waals surface area contributed by atoms with E-state index < -0.39 is 0 Å². The van der Waals surface area contributed by atoms with Gasteiger partial charge in [0.2, 0.25) is 0 Å². The second-order valence-electron chi connectivity index (χ2n) is 6.25. The Labute approximate surface area is 140 Å². The van der Waals surface area contributed by atoms with Crippen molar-refractivity contribution in [3.05, 3.63) is 23.8 Å². The molecule has 0 radical (unpaired) electrons. The Morgan fingerprint density at radius 2 is 1.91 bits per heavy atom. The normalized spacial score (nSPS) is 13.0. The van der Waals surface area contributed by atoms with Gasteiger partial charge in [-0.1, -0.05) is 26.7 Å². The van der Waals surface area contributed by atoms with Crippen molar-refractivity contribution in [2.75, 3.05) is 14.2 Å². The third kappa shape index (κ3) is 7.26. The van der Waals surface area contributed by atoms with Gasteiger partial charge in [-0.25, -0.2) is 4.99 Å². The van der Waals surface area contributed by atoms with Crippen molar-refractivity contribution in [3.63, 3.8) is 0 Å². The monoisotopic (exact) mass is 321 g/mol. The number of nitrogens with two attached hydrogens (primary N) is 1. The van der Waals surface area contributed by atoms with Gasteiger partial charge in [-0.3, -0.25) is 0 Å². The number of benzene rings is 1. The van der Waals surface area contributed by atoms with Gasteiger partial charge in [0.25, 0.3) is 0 Å². The van der Waals surface area contributed by atoms with E-state index in [1.54, 1.807) is 14.2 Å². The van der Waals surface area contributed by atoms with Crippen molar-refractivity contribution in [2.24, 2.45) is 16.6 Å². The third-order valence-corrected chi connectivity index (χ3v) is 3.73. The summed E-state index contributed by atoms with van der Waals surface area (Å²) in [6.45, 7) is 7.10. The van der Waals surface area contributed by atoms with Gasteiger partial charge in [0.1, 0.15) is 11.5 Å². The SMILES string of the molecule is COc1ccc(CN=C(N)NC(C)CCCC(C)C)c(OC)c1. The Morgan fingerprint density at radius 3 is 2.52 bits per heavy atom. The summed E-state index contributed by atoms with van der Waals surface area (Å²) < 4.78 is 10.6. The van der Waals surface area contributed by atoms with Crippen molar-refractivity contribution in [1.29, 1.82) is 0 Å². The number of nitrogens with zero attached hydrogens (tertiary/aromatic N) is 1. The number of hydrogen-bond acceptors (Lipinski definition) is 3. The number of guanidine groups is 1. The molecule has 0 aliphatic rings. The first kappa shape index (κ1) is 19.1. The van der Waals surface area contributed by atoms with Crippen LogP contribution >= 0.6 is 0 Å². The van der Waals surface area contributed by atoms with Gasteiger partial charge in [-0.2, -0.15) is 0 Å². The zero-order chi connectivity index (χ0) is 17.2. The first-order valence-corrected chi connectivity index (χ1v) is 8.23. The van der Waals surface area contributed by atoms with Crippen LogP contribution in [0.5, 0.6) is 11.5 Å². The minimum absolute atomic E-state index is 0.329. The molecule has 0 saturated carbocycles. The Kier molecular flexibility index (Phi) is 8.30. The van der Waals surface area contributed by atoms with E-state index in [0.29, 0.717) is 18.5 Å². The Morgan fingerprint density at radius 1 is 1.17 bits per heavy atom. The molecule has 3 N–H and O–H groups in total. The second-order valence-corrected chi connectivity index (χ2v) is 6.25. The lowest BCUT2D eigenvalue weighted by Gasteiger charge is -2.15. The molecule has 0 aliphatic carbocycles. The van der Waals surface area contributed by atoms with Crippen LogP contribution in [-0.4, -0.2) is 26.2 Å². The summed E-state index contributed by atoms with van der Waals surface area (Å²) in [5.74, 6) is 2.74. The fraction of sp³-hybridized carbons (Fsp3) is 0.611. The van der Waals surface area contributed by atoms with Gasteiger partial charge in [0.05, 0.1) is 20.8 Å². The molecule has 23 heavy (non-hydrogen) atoms. The number of aliphatic imine (C=N–C) groups is 1. The summed E-state index contributed by atoms with van der Waals surface area (Å²) in [6.07, 6.45) is 3.54. The minimum atomic E-state index is 0.329. The van der Waals surface area contributed by atoms with E-state index in [0.717, 1.165) is 29.4 Å². The molecular formula is C18H31N3O2. The van der Waals surface area contributed by atoms with E-state index >= 15 is 0 Å². The summed E-state index contributed by atoms with van der Waals surface area (Å²) in [5.41, 5.74) is 6.95. The molecule has 0 heterocycles. The largest absolute Gasteiger partial charge is 0.497 e. The van der Waals surface area contributed by atoms with Crippen LogP contribution in [0, 0.1) is 5.92 Å². The maximum atomic E-state index is 5.97. The first-order chi connectivity index (χ1) is 11.0. The molecule has 0 spiro atoms. The third-order valence-electron chi connectivity index (χ3n) is 3.73. The second kappa shape index (κ2) is 9.98. The van der Waals surface area contributed by atoms with E-state index in [1.807, 2.05) is 18.2 Å². The predicted octanol–water partition coefficient (Wildman–Crippen LogP) is 3.32. The molecule has 1 unspecified atom stereocenters. The molecule has 130 valence electrons. The van der Waals surface area contributed by atoms with E-state index in [1.165, 1.54) is 12.8 Å². The van der Waals surface area contributed by atoms with E-state index in [2.05, 4.69) is 31.1 Å². The highest BCUT2D eigenvalue weighted by Crippen LogP contribution is 2.25. The molecule has 1 rings (SSSR count). The molecule has 0 amide bonds. The molecule has 1 aromatic carbocycles. The fourth-order valence-corrected chi connectivity index (χ4v) is 2.36. The van der Waals surface area contributed by atoms with Crippen LogP contribution in [0.3, 0.4) is 0 Å². The van der Waals surface area contributed by atoms with Crippen LogP contribution in [0.4, 0.5) is 0 Å². The molecule has 0 fully saturated rings. The van der Waals surface area contributed by atoms with Gasteiger partial charge in [0, 0.05) is 17.7 Å². The van der Waals surface area contributed by atoms with Crippen molar-refractivity contribution in [2.45, 2.75) is 52.6 Å². The topological polar surface area (TPSA) is 68.9 Å². The highest BCUT2D eigenvalue weighted by atomic mass is 16.5. The zero-order valence-electron chi connectivity index (χ0n) is 15.1. The summed E-state index contributed by atoms with van der Waals surface area (Å²) in [5, 5.41) is 3.25. The lowest BCUT2D eigenvalue weighted by molar-refractivity contribution is 0.391. The average Bonchev–Trinajstić information content (AvgIpc) is 2.52. The predicted molar refractivity (Wildman–Crippen MR) is 96.2 cm³/mol. The molecule has 0 saturated heterocycles. The van der Waals surface area contributed by atoms with Crippen molar-refractivity contribution >= 4 is 5.96 Å². The Balaban J connectivity index is 2.52. The Bertz CT molecular complexity index is 501. The minimum Gasteiger partial charge on any atom is -0.497 e. The quantitative estimate of drug-likeness (QED) is 0.541. The van der Waals surface area contributed by atoms with Gasteiger partial charge in [-0.05, 0) is 31.4 Å². The fourth-order valence-electron chi connectivity index (χ4n) is 2.36. The highest BCUT2D eigenvalue weighted by Gasteiger charge is 2.06. The summed E-state index contributed by atoms with van der Waals surface area (Å²) in [4.78, 5) is 4.40. The molecule has 1 atom stereocenters. The molecule has 0 aromatic heterocycles. The van der Waals surface area contributed by atoms with Crippen LogP contribution in [0.25, 0.3) is 0 Å². The standard InChI is InChI=1S/C18H31N3O2/c1-13(2)7-6-8-14(3)21-18(19)20-12-15-9-10-16(22-4)11-17(15)23-5/h9-11,13-14H,6-8,12H2,1-5H3,(H3,19,20,21). The highest BCUT2D eigenvalue weighted by molar-refractivity contribution is 5.78. The van der Waals surface area contributed by atoms with Gasteiger partial charge in [0.15, 0.2) is 5.96 Å². The van der Waals surface area contributed by atoms with Crippen LogP contribution in [0.15, 0.2) is 23.2 Å². The number of rotatable bonds is 9. The molecule has 5 nitrogen and oxygen atoms in total. The maximum absolute atomic E-state index is 5.97. The number of hydrogen-bond donors (Lipinski definition) is 2. The van der Waals surface area contributed by atoms with Gasteiger partial charge in [-0.15, -0.1) is 0 Å². The molecule has 5 heteroatoms. The molecule has 0 bridgehead atoms. The molecular weight excluding hydrogens is 290 g/mol. The summed E-state index contributed by atoms with van der Waals surface area (Å²) in [7, 11) is 3.27. The van der Waals surface area contributed by atoms with Crippen LogP contribution < -0.4 is 20.5 Å². The van der Waals surface area contributed by atoms with Crippen LogP contribution in [-0.2, 0) is 6.54 Å². The zero-order valence-corrected chi connectivity index (χ0v) is 15.1. The van der Waals surface area contributed by atoms with E-state index in [4.69, 9.17) is 15.2 Å². The van der Waals surface area contributed by atoms with Crippen molar-refractivity contribution < 1.29 is 9.47 Å². The van der Waals surface area contributed by atoms with E-state index in [9.17, 15) is 0 Å². The van der Waals surface area contributed by atoms with Crippen LogP contribution in [0.2, 0.25) is 0 Å². The lowest BCUT2D eigenvalue weighted by Crippen LogP contribution is -2.38. The lowest BCUT2D eigenvalue weighted by atomic mass is 10.0. The Hall–Kier alpha value is -1.91. The molecule has 0 aliphatic heterocycles. The number of nitrogens with one attached hydrogen (secondary N) is 1. The van der Waals surface area contributed by atoms with Crippen molar-refractivity contribution in [1.82, 2.24) is 5.32 Å². The summed E-state index contributed by atoms with van der Waals surface area (Å²) >= 11 is 0. The maximum Gasteiger partial charge on any atom is 0.189 e. The van der Waals surface area contributed by atoms with Gasteiger partial charge < -0.3 is 20.5 Å². The smallest absolute Gasteiger partial charge is 0.189 e. The first-order valence-electron chi connectivity index (χ1n) is 8.23. The van der Waals surface area contributed by atoms with Crippen LogP contribution in [0.1, 0.15) is 45.6 Å². The van der Waals surface area contributed by atoms with Gasteiger partial charge >= 0.3 is 0 Å². The summed E-state index contributed by atoms with van der Waals surface area (Å²) in [6, 6.07) is 6.02. The molecule has 1 aromatic rings. The number of methoxy groups -OCH3 is 2. The average molecular weight is 321 g/mol.